The summed E-state index contributed by atoms with van der Waals surface area (Å²) in [6.07, 6.45) is 0.923. The fourth-order valence-corrected chi connectivity index (χ4v) is 3.22. The summed E-state index contributed by atoms with van der Waals surface area (Å²) in [7, 11) is -3.02. The zero-order valence-electron chi connectivity index (χ0n) is 12.0. The van der Waals surface area contributed by atoms with Crippen molar-refractivity contribution in [3.63, 3.8) is 0 Å². The van der Waals surface area contributed by atoms with Gasteiger partial charge in [0.25, 0.3) is 0 Å². The molecular weight excluding hydrogens is 281 g/mol. The fraction of sp³-hybridized carbons (Fsp3) is 0.571. The molecule has 1 aromatic rings. The smallest absolute Gasteiger partial charge is 0.148 e. The predicted molar refractivity (Wildman–Crippen MR) is 77.7 cm³/mol. The van der Waals surface area contributed by atoms with Crippen LogP contribution in [0, 0.1) is 5.82 Å². The number of hydrogen-bond donors (Lipinski definition) is 2. The Bertz CT molecular complexity index is 516. The molecule has 0 heterocycles. The van der Waals surface area contributed by atoms with Crippen LogP contribution in [0.25, 0.3) is 0 Å². The van der Waals surface area contributed by atoms with Crippen molar-refractivity contribution in [2.24, 2.45) is 0 Å². The van der Waals surface area contributed by atoms with Crippen LogP contribution in [-0.2, 0) is 9.84 Å². The fourth-order valence-electron chi connectivity index (χ4n) is 2.21. The van der Waals surface area contributed by atoms with Gasteiger partial charge in [0, 0.05) is 18.3 Å². The lowest BCUT2D eigenvalue weighted by molar-refractivity contribution is 0.152. The van der Waals surface area contributed by atoms with Crippen molar-refractivity contribution in [1.29, 1.82) is 0 Å². The minimum Gasteiger partial charge on any atom is -0.388 e. The zero-order chi connectivity index (χ0) is 15.3. The molecule has 0 saturated heterocycles. The average molecular weight is 303 g/mol. The van der Waals surface area contributed by atoms with Crippen LogP contribution in [0.1, 0.15) is 31.9 Å². The Morgan fingerprint density at radius 1 is 1.20 bits per heavy atom. The van der Waals surface area contributed by atoms with Gasteiger partial charge in [-0.2, -0.15) is 0 Å². The number of sulfone groups is 1. The molecular formula is C14H22FNO3S. The van der Waals surface area contributed by atoms with E-state index in [0.717, 1.165) is 0 Å². The normalized spacial score (nSPS) is 16.6. The highest BCUT2D eigenvalue weighted by Gasteiger charge is 2.16. The number of hydrogen-bond acceptors (Lipinski definition) is 4. The molecule has 0 aromatic heterocycles. The van der Waals surface area contributed by atoms with E-state index in [4.69, 9.17) is 0 Å². The molecule has 0 fully saturated rings. The van der Waals surface area contributed by atoms with Gasteiger partial charge in [0.1, 0.15) is 15.7 Å². The molecule has 0 amide bonds. The molecule has 0 saturated carbocycles. The van der Waals surface area contributed by atoms with E-state index < -0.39 is 15.9 Å². The maximum absolute atomic E-state index is 12.8. The standard InChI is InChI=1S/C14H22FNO3S/c1-10(16-11(2)9-20(3,18)19)8-14(17)12-4-6-13(15)7-5-12/h4-7,10-11,14,16-17H,8-9H2,1-3H3. The molecule has 0 spiro atoms. The number of aliphatic hydroxyl groups is 1. The summed E-state index contributed by atoms with van der Waals surface area (Å²) in [6.45, 7) is 3.67. The van der Waals surface area contributed by atoms with Gasteiger partial charge in [-0.25, -0.2) is 12.8 Å². The summed E-state index contributed by atoms with van der Waals surface area (Å²) in [5.74, 6) is -0.279. The van der Waals surface area contributed by atoms with Crippen LogP contribution < -0.4 is 5.32 Å². The highest BCUT2D eigenvalue weighted by molar-refractivity contribution is 7.90. The van der Waals surface area contributed by atoms with Crippen molar-refractivity contribution < 1.29 is 17.9 Å². The number of halogens is 1. The lowest BCUT2D eigenvalue weighted by atomic mass is 10.0. The number of aliphatic hydroxyl groups excluding tert-OH is 1. The van der Waals surface area contributed by atoms with E-state index in [9.17, 15) is 17.9 Å². The molecule has 0 aliphatic rings. The second-order valence-electron chi connectivity index (χ2n) is 5.36. The minimum absolute atomic E-state index is 0.0493. The van der Waals surface area contributed by atoms with E-state index >= 15 is 0 Å². The minimum atomic E-state index is -3.02. The van der Waals surface area contributed by atoms with Crippen LogP contribution >= 0.6 is 0 Å². The second-order valence-corrected chi connectivity index (χ2v) is 7.55. The molecule has 0 bridgehead atoms. The highest BCUT2D eigenvalue weighted by Crippen LogP contribution is 2.18. The zero-order valence-corrected chi connectivity index (χ0v) is 12.8. The van der Waals surface area contributed by atoms with E-state index in [1.807, 2.05) is 6.92 Å². The van der Waals surface area contributed by atoms with Crippen LogP contribution in [0.2, 0.25) is 0 Å². The van der Waals surface area contributed by atoms with Gasteiger partial charge in [-0.1, -0.05) is 12.1 Å². The van der Waals surface area contributed by atoms with E-state index in [0.29, 0.717) is 12.0 Å². The predicted octanol–water partition coefficient (Wildman–Crippen LogP) is 1.66. The quantitative estimate of drug-likeness (QED) is 0.804. The molecule has 1 rings (SSSR count). The van der Waals surface area contributed by atoms with Crippen LogP contribution in [0.3, 0.4) is 0 Å². The van der Waals surface area contributed by atoms with Gasteiger partial charge in [-0.3, -0.25) is 0 Å². The van der Waals surface area contributed by atoms with Gasteiger partial charge in [0.15, 0.2) is 0 Å². The van der Waals surface area contributed by atoms with Crippen molar-refractivity contribution in [2.45, 2.75) is 38.5 Å². The third-order valence-electron chi connectivity index (χ3n) is 2.95. The lowest BCUT2D eigenvalue weighted by Crippen LogP contribution is -2.39. The van der Waals surface area contributed by atoms with Gasteiger partial charge in [0.2, 0.25) is 0 Å². The van der Waals surface area contributed by atoms with Gasteiger partial charge >= 0.3 is 0 Å². The number of benzene rings is 1. The molecule has 1 aromatic carbocycles. The topological polar surface area (TPSA) is 66.4 Å². The molecule has 20 heavy (non-hydrogen) atoms. The Kier molecular flexibility index (Phi) is 6.10. The first-order chi connectivity index (χ1) is 9.17. The Labute approximate surface area is 119 Å². The van der Waals surface area contributed by atoms with E-state index in [1.54, 1.807) is 19.1 Å². The van der Waals surface area contributed by atoms with Crippen LogP contribution in [0.15, 0.2) is 24.3 Å². The van der Waals surface area contributed by atoms with E-state index in [1.165, 1.54) is 18.4 Å². The average Bonchev–Trinajstić information content (AvgIpc) is 2.26. The molecule has 3 atom stereocenters. The summed E-state index contributed by atoms with van der Waals surface area (Å²) in [6, 6.07) is 5.48. The molecule has 0 aliphatic carbocycles. The maximum Gasteiger partial charge on any atom is 0.148 e. The SMILES string of the molecule is CC(CC(O)c1ccc(F)cc1)NC(C)CS(C)(=O)=O. The summed E-state index contributed by atoms with van der Waals surface area (Å²) in [5, 5.41) is 13.2. The van der Waals surface area contributed by atoms with Crippen LogP contribution in [0.5, 0.6) is 0 Å². The molecule has 114 valence electrons. The van der Waals surface area contributed by atoms with Crippen molar-refractivity contribution in [3.8, 4) is 0 Å². The van der Waals surface area contributed by atoms with Crippen molar-refractivity contribution in [2.75, 3.05) is 12.0 Å². The summed E-state index contributed by atoms with van der Waals surface area (Å²) in [5.41, 5.74) is 0.649. The largest absolute Gasteiger partial charge is 0.388 e. The molecule has 4 nitrogen and oxygen atoms in total. The first-order valence-electron chi connectivity index (χ1n) is 6.54. The van der Waals surface area contributed by atoms with Gasteiger partial charge in [0.05, 0.1) is 11.9 Å². The van der Waals surface area contributed by atoms with E-state index in [2.05, 4.69) is 5.32 Å². The van der Waals surface area contributed by atoms with Gasteiger partial charge in [-0.05, 0) is 38.0 Å². The summed E-state index contributed by atoms with van der Waals surface area (Å²) in [4.78, 5) is 0. The van der Waals surface area contributed by atoms with E-state index in [-0.39, 0.29) is 23.7 Å². The molecule has 0 radical (unpaired) electrons. The summed E-state index contributed by atoms with van der Waals surface area (Å²) >= 11 is 0. The molecule has 2 N–H and O–H groups in total. The highest BCUT2D eigenvalue weighted by atomic mass is 32.2. The summed E-state index contributed by atoms with van der Waals surface area (Å²) < 4.78 is 35.1. The second kappa shape index (κ2) is 7.15. The van der Waals surface area contributed by atoms with Crippen molar-refractivity contribution in [3.05, 3.63) is 35.6 Å². The maximum atomic E-state index is 12.8. The van der Waals surface area contributed by atoms with Gasteiger partial charge in [-0.15, -0.1) is 0 Å². The molecule has 0 aliphatic heterocycles. The number of nitrogens with one attached hydrogen (secondary N) is 1. The molecule has 6 heteroatoms. The monoisotopic (exact) mass is 303 g/mol. The Morgan fingerprint density at radius 2 is 1.75 bits per heavy atom. The third kappa shape index (κ3) is 6.45. The first-order valence-corrected chi connectivity index (χ1v) is 8.60. The first kappa shape index (κ1) is 17.1. The van der Waals surface area contributed by atoms with Crippen molar-refractivity contribution in [1.82, 2.24) is 5.32 Å². The Balaban J connectivity index is 2.49. The van der Waals surface area contributed by atoms with Crippen LogP contribution in [0.4, 0.5) is 4.39 Å². The lowest BCUT2D eigenvalue weighted by Gasteiger charge is -2.22. The third-order valence-corrected chi connectivity index (χ3v) is 4.06. The Morgan fingerprint density at radius 3 is 2.25 bits per heavy atom. The van der Waals surface area contributed by atoms with Gasteiger partial charge < -0.3 is 10.4 Å². The van der Waals surface area contributed by atoms with Crippen molar-refractivity contribution >= 4 is 9.84 Å². The van der Waals surface area contributed by atoms with Crippen LogP contribution in [-0.4, -0.2) is 37.6 Å². The molecule has 3 unspecified atom stereocenters. The Hall–Kier alpha value is -0.980. The number of rotatable bonds is 7.